The highest BCUT2D eigenvalue weighted by atomic mass is 79.9. The molecule has 0 aliphatic carbocycles. The maximum absolute atomic E-state index is 13.0. The number of halogens is 1. The Kier molecular flexibility index (Phi) is 15.4. The molecule has 1 saturated heterocycles. The molecule has 0 aromatic heterocycles. The zero-order valence-electron chi connectivity index (χ0n) is 23.6. The van der Waals surface area contributed by atoms with Gasteiger partial charge in [-0.1, -0.05) is 84.6 Å². The fourth-order valence-electron chi connectivity index (χ4n) is 4.61. The van der Waals surface area contributed by atoms with Gasteiger partial charge in [-0.2, -0.15) is 0 Å². The molecule has 1 aliphatic heterocycles. The standard InChI is InChI=1S/C30H47BrN2O5/c1-4-6-7-8-9-10-11-12-13-14-19-37-29(35)21-26-30(36)32-17-18-33(26)28(34)22-38-27-16-15-24(20-25(27)31)23(3)5-2/h15-16,20,23,26H,4-14,17-19,21-22H2,1-3H3,(H,32,36). The van der Waals surface area contributed by atoms with Gasteiger partial charge in [0.05, 0.1) is 17.5 Å². The zero-order valence-corrected chi connectivity index (χ0v) is 25.2. The molecule has 2 atom stereocenters. The lowest BCUT2D eigenvalue weighted by Gasteiger charge is -2.34. The van der Waals surface area contributed by atoms with E-state index in [2.05, 4.69) is 42.0 Å². The van der Waals surface area contributed by atoms with E-state index in [1.54, 1.807) is 0 Å². The molecule has 1 fully saturated rings. The van der Waals surface area contributed by atoms with E-state index < -0.39 is 12.0 Å². The van der Waals surface area contributed by atoms with E-state index in [9.17, 15) is 14.4 Å². The molecule has 2 rings (SSSR count). The number of ether oxygens (including phenoxy) is 2. The molecule has 7 nitrogen and oxygen atoms in total. The summed E-state index contributed by atoms with van der Waals surface area (Å²) >= 11 is 3.53. The number of rotatable bonds is 18. The Balaban J connectivity index is 1.73. The summed E-state index contributed by atoms with van der Waals surface area (Å²) in [6.45, 7) is 7.35. The van der Waals surface area contributed by atoms with Crippen LogP contribution in [0.1, 0.15) is 109 Å². The van der Waals surface area contributed by atoms with E-state index in [0.717, 1.165) is 30.2 Å². The Labute approximate surface area is 237 Å². The van der Waals surface area contributed by atoms with Crippen LogP contribution in [0.3, 0.4) is 0 Å². The van der Waals surface area contributed by atoms with Gasteiger partial charge in [0.2, 0.25) is 5.91 Å². The minimum absolute atomic E-state index is 0.150. The highest BCUT2D eigenvalue weighted by molar-refractivity contribution is 9.10. The largest absolute Gasteiger partial charge is 0.483 e. The quantitative estimate of drug-likeness (QED) is 0.154. The Morgan fingerprint density at radius 2 is 1.71 bits per heavy atom. The van der Waals surface area contributed by atoms with Crippen molar-refractivity contribution < 1.29 is 23.9 Å². The normalized spacial score (nSPS) is 16.2. The summed E-state index contributed by atoms with van der Waals surface area (Å²) in [6.07, 6.45) is 13.0. The van der Waals surface area contributed by atoms with Crippen LogP contribution >= 0.6 is 15.9 Å². The molecule has 38 heavy (non-hydrogen) atoms. The van der Waals surface area contributed by atoms with Crippen LogP contribution in [0.25, 0.3) is 0 Å². The van der Waals surface area contributed by atoms with Gasteiger partial charge < -0.3 is 19.7 Å². The van der Waals surface area contributed by atoms with Gasteiger partial charge in [-0.3, -0.25) is 14.4 Å². The van der Waals surface area contributed by atoms with Gasteiger partial charge in [0.1, 0.15) is 11.8 Å². The van der Waals surface area contributed by atoms with Gasteiger partial charge in [-0.15, -0.1) is 0 Å². The van der Waals surface area contributed by atoms with Gasteiger partial charge in [0, 0.05) is 13.1 Å². The third-order valence-corrected chi connectivity index (χ3v) is 7.88. The van der Waals surface area contributed by atoms with E-state index in [1.807, 2.05) is 18.2 Å². The summed E-state index contributed by atoms with van der Waals surface area (Å²) in [5.41, 5.74) is 1.20. The molecule has 8 heteroatoms. The summed E-state index contributed by atoms with van der Waals surface area (Å²) in [7, 11) is 0. The highest BCUT2D eigenvalue weighted by Crippen LogP contribution is 2.30. The van der Waals surface area contributed by atoms with Gasteiger partial charge in [-0.05, 0) is 52.4 Å². The third kappa shape index (κ3) is 11.3. The second-order valence-electron chi connectivity index (χ2n) is 10.3. The lowest BCUT2D eigenvalue weighted by molar-refractivity contribution is -0.152. The van der Waals surface area contributed by atoms with Gasteiger partial charge >= 0.3 is 5.97 Å². The van der Waals surface area contributed by atoms with Crippen molar-refractivity contribution in [1.82, 2.24) is 10.2 Å². The number of piperazine rings is 1. The van der Waals surface area contributed by atoms with Crippen LogP contribution in [-0.2, 0) is 19.1 Å². The highest BCUT2D eigenvalue weighted by Gasteiger charge is 2.35. The number of unbranched alkanes of at least 4 members (excludes halogenated alkanes) is 9. The zero-order chi connectivity index (χ0) is 27.8. The Bertz CT molecular complexity index is 878. The average molecular weight is 596 g/mol. The van der Waals surface area contributed by atoms with Gasteiger partial charge in [0.15, 0.2) is 6.61 Å². The molecule has 1 aromatic carbocycles. The van der Waals surface area contributed by atoms with Gasteiger partial charge in [-0.25, -0.2) is 0 Å². The molecule has 2 unspecified atom stereocenters. The van der Waals surface area contributed by atoms with Crippen molar-refractivity contribution in [3.8, 4) is 5.75 Å². The number of amides is 2. The van der Waals surface area contributed by atoms with Crippen LogP contribution in [0, 0.1) is 0 Å². The third-order valence-electron chi connectivity index (χ3n) is 7.26. The SMILES string of the molecule is CCCCCCCCCCCCOC(=O)CC1C(=O)NCCN1C(=O)COc1ccc(C(C)CC)cc1Br. The molecule has 0 spiro atoms. The molecule has 1 aromatic rings. The first-order chi connectivity index (χ1) is 18.4. The summed E-state index contributed by atoms with van der Waals surface area (Å²) in [5, 5.41) is 2.75. The number of hydrogen-bond acceptors (Lipinski definition) is 5. The number of carbonyl (C=O) groups excluding carboxylic acids is 3. The molecular formula is C30H47BrN2O5. The summed E-state index contributed by atoms with van der Waals surface area (Å²) in [6, 6.07) is 4.98. The number of hydrogen-bond donors (Lipinski definition) is 1. The van der Waals surface area contributed by atoms with Crippen molar-refractivity contribution in [3.05, 3.63) is 28.2 Å². The maximum atomic E-state index is 13.0. The van der Waals surface area contributed by atoms with Crippen molar-refractivity contribution in [3.63, 3.8) is 0 Å². The molecule has 1 heterocycles. The number of nitrogens with zero attached hydrogens (tertiary/aromatic N) is 1. The lowest BCUT2D eigenvalue weighted by Crippen LogP contribution is -2.58. The van der Waals surface area contributed by atoms with Crippen LogP contribution in [0.15, 0.2) is 22.7 Å². The molecule has 0 saturated carbocycles. The lowest BCUT2D eigenvalue weighted by atomic mass is 9.99. The summed E-state index contributed by atoms with van der Waals surface area (Å²) in [4.78, 5) is 39.3. The van der Waals surface area contributed by atoms with E-state index in [4.69, 9.17) is 9.47 Å². The number of esters is 1. The first-order valence-electron chi connectivity index (χ1n) is 14.5. The van der Waals surface area contributed by atoms with E-state index in [-0.39, 0.29) is 24.8 Å². The predicted octanol–water partition coefficient (Wildman–Crippen LogP) is 6.52. The topological polar surface area (TPSA) is 84.9 Å². The van der Waals surface area contributed by atoms with Crippen molar-refractivity contribution in [2.45, 2.75) is 110 Å². The summed E-state index contributed by atoms with van der Waals surface area (Å²) < 4.78 is 11.9. The van der Waals surface area contributed by atoms with E-state index in [1.165, 1.54) is 55.4 Å². The molecule has 1 N–H and O–H groups in total. The smallest absolute Gasteiger partial charge is 0.308 e. The van der Waals surface area contributed by atoms with Crippen LogP contribution in [0.5, 0.6) is 5.75 Å². The van der Waals surface area contributed by atoms with Crippen LogP contribution in [-0.4, -0.2) is 55.0 Å². The van der Waals surface area contributed by atoms with Crippen LogP contribution in [0.2, 0.25) is 0 Å². The molecule has 0 bridgehead atoms. The van der Waals surface area contributed by atoms with Crippen molar-refractivity contribution in [2.75, 3.05) is 26.3 Å². The second-order valence-corrected chi connectivity index (χ2v) is 11.1. The Morgan fingerprint density at radius 1 is 1.05 bits per heavy atom. The van der Waals surface area contributed by atoms with Crippen LogP contribution < -0.4 is 10.1 Å². The molecule has 0 radical (unpaired) electrons. The Morgan fingerprint density at radius 3 is 2.34 bits per heavy atom. The number of carbonyl (C=O) groups is 3. The average Bonchev–Trinajstić information content (AvgIpc) is 2.91. The number of nitrogens with one attached hydrogen (secondary N) is 1. The maximum Gasteiger partial charge on any atom is 0.308 e. The summed E-state index contributed by atoms with van der Waals surface area (Å²) in [5.74, 6) is -0.117. The van der Waals surface area contributed by atoms with E-state index >= 15 is 0 Å². The fraction of sp³-hybridized carbons (Fsp3) is 0.700. The molecule has 1 aliphatic rings. The molecule has 214 valence electrons. The van der Waals surface area contributed by atoms with Crippen molar-refractivity contribution >= 4 is 33.7 Å². The molecule has 2 amide bonds. The first-order valence-corrected chi connectivity index (χ1v) is 15.3. The fourth-order valence-corrected chi connectivity index (χ4v) is 5.12. The second kappa shape index (κ2) is 18.2. The van der Waals surface area contributed by atoms with Crippen molar-refractivity contribution in [2.24, 2.45) is 0 Å². The number of benzene rings is 1. The van der Waals surface area contributed by atoms with E-state index in [0.29, 0.717) is 31.4 Å². The minimum Gasteiger partial charge on any atom is -0.483 e. The Hall–Kier alpha value is -2.09. The predicted molar refractivity (Wildman–Crippen MR) is 154 cm³/mol. The monoisotopic (exact) mass is 594 g/mol. The first kappa shape index (κ1) is 32.1. The van der Waals surface area contributed by atoms with Crippen molar-refractivity contribution in [1.29, 1.82) is 0 Å². The van der Waals surface area contributed by atoms with Gasteiger partial charge in [0.25, 0.3) is 5.91 Å². The minimum atomic E-state index is -0.878. The molecular weight excluding hydrogens is 548 g/mol. The van der Waals surface area contributed by atoms with Crippen LogP contribution in [0.4, 0.5) is 0 Å².